The highest BCUT2D eigenvalue weighted by Gasteiger charge is 2.08. The summed E-state index contributed by atoms with van der Waals surface area (Å²) < 4.78 is 11.8. The molecule has 1 aromatic rings. The first-order valence-electron chi connectivity index (χ1n) is 7.81. The van der Waals surface area contributed by atoms with E-state index in [-0.39, 0.29) is 5.97 Å². The number of hydrogen-bond acceptors (Lipinski definition) is 6. The number of carbonyl (C=O) groups excluding carboxylic acids is 1. The Kier molecular flexibility index (Phi) is 10.4. The second kappa shape index (κ2) is 12.2. The van der Waals surface area contributed by atoms with E-state index in [0.717, 1.165) is 39.1 Å². The highest BCUT2D eigenvalue weighted by Crippen LogP contribution is 1.99. The average molecular weight is 310 g/mol. The van der Waals surface area contributed by atoms with Crippen LogP contribution < -0.4 is 5.23 Å². The monoisotopic (exact) mass is 310 g/mol. The van der Waals surface area contributed by atoms with Crippen molar-refractivity contribution in [2.24, 2.45) is 0 Å². The predicted molar refractivity (Wildman–Crippen MR) is 86.7 cm³/mol. The Hall–Kier alpha value is -1.38. The predicted octanol–water partition coefficient (Wildman–Crippen LogP) is 0.0309. The van der Waals surface area contributed by atoms with Gasteiger partial charge in [-0.25, -0.2) is 0 Å². The van der Waals surface area contributed by atoms with Gasteiger partial charge in [-0.05, 0) is 32.5 Å². The van der Waals surface area contributed by atoms with Crippen molar-refractivity contribution in [1.29, 1.82) is 0 Å². The fourth-order valence-corrected chi connectivity index (χ4v) is 2.10. The fraction of sp³-hybridized carbons (Fsp3) is 0.714. The fourth-order valence-electron chi connectivity index (χ4n) is 2.10. The van der Waals surface area contributed by atoms with Gasteiger partial charge in [0.05, 0.1) is 13.2 Å². The minimum Gasteiger partial charge on any atom is -0.466 e. The van der Waals surface area contributed by atoms with Crippen LogP contribution in [0.1, 0.15) is 19.8 Å². The van der Waals surface area contributed by atoms with Crippen LogP contribution in [0.5, 0.6) is 0 Å². The van der Waals surface area contributed by atoms with Gasteiger partial charge >= 0.3 is 13.6 Å². The Balaban J connectivity index is 2.27. The van der Waals surface area contributed by atoms with Crippen LogP contribution in [-0.2, 0) is 20.7 Å². The summed E-state index contributed by atoms with van der Waals surface area (Å²) in [5.41, 5.74) is 0. The zero-order chi connectivity index (χ0) is 16.0. The third-order valence-electron chi connectivity index (χ3n) is 3.22. The van der Waals surface area contributed by atoms with Gasteiger partial charge in [0.15, 0.2) is 0 Å². The lowest BCUT2D eigenvalue weighted by Crippen LogP contribution is -2.36. The van der Waals surface area contributed by atoms with Gasteiger partial charge in [-0.1, -0.05) is 0 Å². The van der Waals surface area contributed by atoms with Gasteiger partial charge in [-0.3, -0.25) is 9.48 Å². The van der Waals surface area contributed by atoms with Crippen LogP contribution in [0.15, 0.2) is 18.5 Å². The molecule has 0 bridgehead atoms. The number of hydrogen-bond donors (Lipinski definition) is 1. The number of carbonyl (C=O) groups is 1. The molecule has 0 fully saturated rings. The Labute approximate surface area is 133 Å². The summed E-state index contributed by atoms with van der Waals surface area (Å²) in [6, 6.07) is 1.92. The molecule has 1 aromatic heterocycles. The topological polar surface area (TPSA) is 68.6 Å². The quantitative estimate of drug-likeness (QED) is 0.315. The molecule has 22 heavy (non-hydrogen) atoms. The van der Waals surface area contributed by atoms with Gasteiger partial charge in [-0.15, -0.1) is 0 Å². The number of esters is 1. The Morgan fingerprint density at radius 3 is 2.95 bits per heavy atom. The van der Waals surface area contributed by atoms with Crippen molar-refractivity contribution in [3.63, 3.8) is 0 Å². The second-order valence-electron chi connectivity index (χ2n) is 4.95. The van der Waals surface area contributed by atoms with Gasteiger partial charge in [0.1, 0.15) is 0 Å². The van der Waals surface area contributed by atoms with Crippen molar-refractivity contribution in [2.45, 2.75) is 26.3 Å². The number of ether oxygens (including phenoxy) is 1. The number of rotatable bonds is 13. The molecule has 0 aliphatic heterocycles. The molecule has 0 unspecified atom stereocenters. The smallest absolute Gasteiger partial charge is 0.360 e. The van der Waals surface area contributed by atoms with Crippen molar-refractivity contribution >= 4 is 13.6 Å². The van der Waals surface area contributed by atoms with Crippen LogP contribution in [-0.4, -0.2) is 68.2 Å². The van der Waals surface area contributed by atoms with Gasteiger partial charge in [-0.2, -0.15) is 5.10 Å². The zero-order valence-corrected chi connectivity index (χ0v) is 13.7. The lowest BCUT2D eigenvalue weighted by Gasteiger charge is -2.22. The van der Waals surface area contributed by atoms with E-state index in [2.05, 4.69) is 15.2 Å². The maximum atomic E-state index is 11.4. The minimum absolute atomic E-state index is 0.118. The molecule has 124 valence electrons. The highest BCUT2D eigenvalue weighted by molar-refractivity contribution is 6.23. The number of aromatic nitrogens is 2. The van der Waals surface area contributed by atoms with Crippen LogP contribution in [0, 0.1) is 0 Å². The molecule has 0 amide bonds. The molecule has 8 heteroatoms. The number of nitrogens with one attached hydrogen (secondary N) is 1. The molecule has 0 saturated heterocycles. The van der Waals surface area contributed by atoms with E-state index >= 15 is 0 Å². The van der Waals surface area contributed by atoms with E-state index in [0.29, 0.717) is 20.6 Å². The summed E-state index contributed by atoms with van der Waals surface area (Å²) in [6.45, 7) is 6.66. The summed E-state index contributed by atoms with van der Waals surface area (Å²) in [4.78, 5) is 13.7. The average Bonchev–Trinajstić information content (AvgIpc) is 3.02. The Morgan fingerprint density at radius 1 is 1.41 bits per heavy atom. The van der Waals surface area contributed by atoms with Gasteiger partial charge in [0.2, 0.25) is 0 Å². The SMILES string of the molecule is CCOC(=O)CCCN(CCNBOC)CCn1cccn1. The van der Waals surface area contributed by atoms with Gasteiger partial charge in [0, 0.05) is 39.0 Å². The van der Waals surface area contributed by atoms with E-state index in [9.17, 15) is 4.79 Å². The van der Waals surface area contributed by atoms with Crippen molar-refractivity contribution < 1.29 is 14.2 Å². The summed E-state index contributed by atoms with van der Waals surface area (Å²) in [6.07, 6.45) is 5.02. The zero-order valence-electron chi connectivity index (χ0n) is 13.7. The van der Waals surface area contributed by atoms with Crippen molar-refractivity contribution in [3.05, 3.63) is 18.5 Å². The first kappa shape index (κ1) is 18.7. The van der Waals surface area contributed by atoms with E-state index in [1.807, 2.05) is 23.9 Å². The van der Waals surface area contributed by atoms with Crippen LogP contribution in [0.4, 0.5) is 0 Å². The largest absolute Gasteiger partial charge is 0.466 e. The van der Waals surface area contributed by atoms with Gasteiger partial charge < -0.3 is 19.5 Å². The van der Waals surface area contributed by atoms with Crippen LogP contribution >= 0.6 is 0 Å². The molecule has 1 heterocycles. The minimum atomic E-state index is -0.118. The van der Waals surface area contributed by atoms with Crippen molar-refractivity contribution in [1.82, 2.24) is 19.9 Å². The van der Waals surface area contributed by atoms with E-state index in [1.54, 1.807) is 13.3 Å². The third kappa shape index (κ3) is 8.81. The standard InChI is InChI=1S/C14H27BN4O3/c1-3-22-14(20)6-4-9-18(11-8-16-15-21-2)12-13-19-10-5-7-17-19/h5,7,10,15-16H,3-4,6,8-9,11-13H2,1-2H3. The maximum absolute atomic E-state index is 11.4. The van der Waals surface area contributed by atoms with Crippen LogP contribution in [0.2, 0.25) is 0 Å². The first-order chi connectivity index (χ1) is 10.8. The van der Waals surface area contributed by atoms with E-state index in [4.69, 9.17) is 9.39 Å². The van der Waals surface area contributed by atoms with Crippen LogP contribution in [0.3, 0.4) is 0 Å². The van der Waals surface area contributed by atoms with Gasteiger partial charge in [0.25, 0.3) is 0 Å². The molecule has 0 saturated carbocycles. The summed E-state index contributed by atoms with van der Waals surface area (Å²) in [5.74, 6) is -0.118. The summed E-state index contributed by atoms with van der Waals surface area (Å²) in [5, 5.41) is 7.41. The van der Waals surface area contributed by atoms with E-state index < -0.39 is 0 Å². The van der Waals surface area contributed by atoms with E-state index in [1.165, 1.54) is 0 Å². The molecule has 1 N–H and O–H groups in total. The molecule has 0 radical (unpaired) electrons. The highest BCUT2D eigenvalue weighted by atomic mass is 16.5. The molecular weight excluding hydrogens is 283 g/mol. The number of nitrogens with zero attached hydrogens (tertiary/aromatic N) is 3. The third-order valence-corrected chi connectivity index (χ3v) is 3.22. The first-order valence-corrected chi connectivity index (χ1v) is 7.81. The second-order valence-corrected chi connectivity index (χ2v) is 4.95. The Morgan fingerprint density at radius 2 is 2.27 bits per heavy atom. The lowest BCUT2D eigenvalue weighted by molar-refractivity contribution is -0.143. The maximum Gasteiger partial charge on any atom is 0.360 e. The lowest BCUT2D eigenvalue weighted by atomic mass is 10.2. The molecule has 0 atom stereocenters. The summed E-state index contributed by atoms with van der Waals surface area (Å²) in [7, 11) is 2.22. The molecular formula is C14H27BN4O3. The molecule has 0 spiro atoms. The molecule has 0 aliphatic rings. The normalized spacial score (nSPS) is 10.9. The van der Waals surface area contributed by atoms with Crippen LogP contribution in [0.25, 0.3) is 0 Å². The summed E-state index contributed by atoms with van der Waals surface area (Å²) >= 11 is 0. The molecule has 0 aliphatic carbocycles. The van der Waals surface area contributed by atoms with Crippen molar-refractivity contribution in [2.75, 3.05) is 39.9 Å². The van der Waals surface area contributed by atoms with Crippen molar-refractivity contribution in [3.8, 4) is 0 Å². The Bertz CT molecular complexity index is 389. The molecule has 1 rings (SSSR count). The molecule has 7 nitrogen and oxygen atoms in total. The molecule has 0 aromatic carbocycles.